The number of halogens is 1. The van der Waals surface area contributed by atoms with E-state index in [-0.39, 0.29) is 23.1 Å². The van der Waals surface area contributed by atoms with Crippen molar-refractivity contribution < 1.29 is 14.3 Å². The summed E-state index contributed by atoms with van der Waals surface area (Å²) in [6, 6.07) is 5.88. The van der Waals surface area contributed by atoms with Crippen LogP contribution in [0.3, 0.4) is 0 Å². The summed E-state index contributed by atoms with van der Waals surface area (Å²) >= 11 is 6.67. The lowest BCUT2D eigenvalue weighted by Gasteiger charge is -2.43. The highest BCUT2D eigenvalue weighted by molar-refractivity contribution is 6.31. The van der Waals surface area contributed by atoms with Gasteiger partial charge < -0.3 is 15.0 Å². The van der Waals surface area contributed by atoms with Crippen molar-refractivity contribution in [1.82, 2.24) is 10.2 Å². The average Bonchev–Trinajstić information content (AvgIpc) is 2.65. The Balaban J connectivity index is 2.41. The maximum Gasteiger partial charge on any atom is 0.322 e. The lowest BCUT2D eigenvalue weighted by atomic mass is 9.77. The average molecular weight is 449 g/mol. The summed E-state index contributed by atoms with van der Waals surface area (Å²) in [4.78, 5) is 25.9. The number of amides is 2. The second kappa shape index (κ2) is 10.2. The van der Waals surface area contributed by atoms with Gasteiger partial charge in [-0.2, -0.15) is 0 Å². The number of Topliss-reactive ketones (excluding diaryl/α,β-unsaturated/α-hetero) is 1. The molecule has 0 radical (unpaired) electrons. The van der Waals surface area contributed by atoms with E-state index in [4.69, 9.17) is 16.3 Å². The fourth-order valence-corrected chi connectivity index (χ4v) is 4.20. The van der Waals surface area contributed by atoms with E-state index in [0.717, 1.165) is 34.6 Å². The molecule has 1 unspecified atom stereocenters. The molecular weight excluding hydrogens is 412 g/mol. The molecule has 6 heteroatoms. The van der Waals surface area contributed by atoms with Crippen LogP contribution in [0.5, 0.6) is 0 Å². The molecule has 1 aliphatic heterocycles. The number of nitrogens with zero attached hydrogens (tertiary/aromatic N) is 1. The van der Waals surface area contributed by atoms with Crippen molar-refractivity contribution in [2.24, 2.45) is 11.3 Å². The lowest BCUT2D eigenvalue weighted by molar-refractivity contribution is -0.117. The first-order valence-corrected chi connectivity index (χ1v) is 11.3. The summed E-state index contributed by atoms with van der Waals surface area (Å²) in [5, 5.41) is 3.89. The molecule has 1 aromatic carbocycles. The second-order valence-corrected chi connectivity index (χ2v) is 10.4. The number of ketones is 1. The van der Waals surface area contributed by atoms with Crippen LogP contribution in [0.4, 0.5) is 4.79 Å². The van der Waals surface area contributed by atoms with E-state index < -0.39 is 5.54 Å². The summed E-state index contributed by atoms with van der Waals surface area (Å²) < 4.78 is 5.40. The van der Waals surface area contributed by atoms with Gasteiger partial charge in [0, 0.05) is 37.2 Å². The van der Waals surface area contributed by atoms with Gasteiger partial charge in [0.1, 0.15) is 5.78 Å². The van der Waals surface area contributed by atoms with Gasteiger partial charge in [-0.1, -0.05) is 51.4 Å². The van der Waals surface area contributed by atoms with Crippen molar-refractivity contribution in [2.75, 3.05) is 20.3 Å². The largest absolute Gasteiger partial charge is 0.384 e. The van der Waals surface area contributed by atoms with Crippen molar-refractivity contribution >= 4 is 23.4 Å². The molecule has 0 spiro atoms. The minimum absolute atomic E-state index is 0.0543. The molecule has 0 aliphatic carbocycles. The van der Waals surface area contributed by atoms with Crippen LogP contribution < -0.4 is 5.32 Å². The molecule has 0 aromatic heterocycles. The number of aryl methyl sites for hydroxylation is 1. The van der Waals surface area contributed by atoms with Gasteiger partial charge in [0.15, 0.2) is 0 Å². The Morgan fingerprint density at radius 3 is 2.55 bits per heavy atom. The zero-order valence-corrected chi connectivity index (χ0v) is 20.7. The molecule has 0 bridgehead atoms. The number of carbonyl (C=O) groups is 2. The predicted octanol–water partition coefficient (Wildman–Crippen LogP) is 5.70. The zero-order chi connectivity index (χ0) is 23.4. The topological polar surface area (TPSA) is 58.6 Å². The molecule has 2 amide bonds. The number of rotatable bonds is 9. The normalized spacial score (nSPS) is 20.3. The fraction of sp³-hybridized carbons (Fsp3) is 0.600. The molecule has 31 heavy (non-hydrogen) atoms. The molecule has 2 atom stereocenters. The van der Waals surface area contributed by atoms with E-state index >= 15 is 0 Å². The van der Waals surface area contributed by atoms with E-state index in [1.807, 2.05) is 19.2 Å². The quantitative estimate of drug-likeness (QED) is 0.526. The van der Waals surface area contributed by atoms with Crippen LogP contribution in [0.2, 0.25) is 5.02 Å². The number of urea groups is 1. The Hall–Kier alpha value is -1.85. The number of nitrogens with one attached hydrogen (secondary N) is 1. The van der Waals surface area contributed by atoms with Gasteiger partial charge in [0.2, 0.25) is 0 Å². The van der Waals surface area contributed by atoms with Gasteiger partial charge in [0.05, 0.1) is 12.1 Å². The Labute approximate surface area is 192 Å². The molecule has 1 heterocycles. The third-order valence-electron chi connectivity index (χ3n) is 5.92. The van der Waals surface area contributed by atoms with Crippen LogP contribution in [-0.4, -0.2) is 37.0 Å². The van der Waals surface area contributed by atoms with Crippen LogP contribution in [0, 0.1) is 11.3 Å². The van der Waals surface area contributed by atoms with E-state index in [2.05, 4.69) is 45.1 Å². The standard InChI is InChI=1S/C25H37ClN2O3/c1-17(16-31-7)21-15-28(13-11-18(2)29)23(30)27-25(21,6)20-9-8-19(22(26)14-20)10-12-24(3,4)5/h8-9,14-15,17H,10-13,16H2,1-7H3,(H,27,30)/t17?,25-/m0/s1. The molecule has 0 saturated carbocycles. The summed E-state index contributed by atoms with van der Waals surface area (Å²) in [6.07, 6.45) is 4.16. The van der Waals surface area contributed by atoms with Crippen molar-refractivity contribution in [2.45, 2.75) is 66.3 Å². The second-order valence-electron chi connectivity index (χ2n) is 10.0. The third-order valence-corrected chi connectivity index (χ3v) is 6.27. The Morgan fingerprint density at radius 2 is 2.00 bits per heavy atom. The van der Waals surface area contributed by atoms with Gasteiger partial charge >= 0.3 is 6.03 Å². The molecule has 0 fully saturated rings. The first-order chi connectivity index (χ1) is 14.4. The van der Waals surface area contributed by atoms with Crippen LogP contribution in [-0.2, 0) is 21.5 Å². The van der Waals surface area contributed by atoms with Gasteiger partial charge in [-0.05, 0) is 54.9 Å². The predicted molar refractivity (Wildman–Crippen MR) is 126 cm³/mol. The van der Waals surface area contributed by atoms with Gasteiger partial charge in [0.25, 0.3) is 0 Å². The smallest absolute Gasteiger partial charge is 0.322 e. The van der Waals surface area contributed by atoms with Gasteiger partial charge in [-0.3, -0.25) is 4.79 Å². The van der Waals surface area contributed by atoms with Crippen LogP contribution in [0.1, 0.15) is 65.5 Å². The van der Waals surface area contributed by atoms with Crippen LogP contribution >= 0.6 is 11.6 Å². The highest BCUT2D eigenvalue weighted by Crippen LogP contribution is 2.39. The molecule has 172 valence electrons. The Kier molecular flexibility index (Phi) is 8.34. The number of hydrogen-bond acceptors (Lipinski definition) is 3. The van der Waals surface area contributed by atoms with E-state index in [9.17, 15) is 9.59 Å². The van der Waals surface area contributed by atoms with E-state index in [1.165, 1.54) is 6.92 Å². The zero-order valence-electron chi connectivity index (χ0n) is 20.0. The maximum atomic E-state index is 12.9. The molecule has 1 aromatic rings. The minimum atomic E-state index is -0.714. The number of ether oxygens (including phenoxy) is 1. The van der Waals surface area contributed by atoms with Crippen LogP contribution in [0.15, 0.2) is 30.0 Å². The molecule has 5 nitrogen and oxygen atoms in total. The van der Waals surface area contributed by atoms with Gasteiger partial charge in [-0.25, -0.2) is 4.79 Å². The molecule has 1 aliphatic rings. The molecule has 0 saturated heterocycles. The molecule has 1 N–H and O–H groups in total. The van der Waals surface area contributed by atoms with Crippen LogP contribution in [0.25, 0.3) is 0 Å². The monoisotopic (exact) mass is 448 g/mol. The number of methoxy groups -OCH3 is 1. The highest BCUT2D eigenvalue weighted by atomic mass is 35.5. The van der Waals surface area contributed by atoms with Crippen molar-refractivity contribution in [3.63, 3.8) is 0 Å². The lowest BCUT2D eigenvalue weighted by Crippen LogP contribution is -2.55. The van der Waals surface area contributed by atoms with E-state index in [1.54, 1.807) is 12.0 Å². The minimum Gasteiger partial charge on any atom is -0.384 e. The van der Waals surface area contributed by atoms with Crippen molar-refractivity contribution in [1.29, 1.82) is 0 Å². The molecular formula is C25H37ClN2O3. The number of benzene rings is 1. The number of hydrogen-bond donors (Lipinski definition) is 1. The summed E-state index contributed by atoms with van der Waals surface area (Å²) in [7, 11) is 1.67. The third kappa shape index (κ3) is 6.56. The Morgan fingerprint density at radius 1 is 1.32 bits per heavy atom. The Bertz CT molecular complexity index is 844. The van der Waals surface area contributed by atoms with Crippen molar-refractivity contribution in [3.8, 4) is 0 Å². The van der Waals surface area contributed by atoms with E-state index in [0.29, 0.717) is 19.6 Å². The van der Waals surface area contributed by atoms with Gasteiger partial charge in [-0.15, -0.1) is 0 Å². The highest BCUT2D eigenvalue weighted by Gasteiger charge is 2.40. The number of carbonyl (C=O) groups excluding carboxylic acids is 2. The first kappa shape index (κ1) is 25.4. The summed E-state index contributed by atoms with van der Waals surface area (Å²) in [5.41, 5.74) is 2.60. The fourth-order valence-electron chi connectivity index (χ4n) is 3.93. The first-order valence-electron chi connectivity index (χ1n) is 11.0. The maximum absolute atomic E-state index is 12.9. The van der Waals surface area contributed by atoms with Crippen molar-refractivity contribution in [3.05, 3.63) is 46.1 Å². The SMILES string of the molecule is COCC(C)C1=CN(CCC(C)=O)C(=O)N[C@@]1(C)c1ccc(CCC(C)(C)C)c(Cl)c1. The molecule has 2 rings (SSSR count). The summed E-state index contributed by atoms with van der Waals surface area (Å²) in [5.74, 6) is 0.119. The summed E-state index contributed by atoms with van der Waals surface area (Å²) in [6.45, 7) is 13.2.